The molecule has 0 fully saturated rings. The molecular weight excluding hydrogens is 258 g/mol. The summed E-state index contributed by atoms with van der Waals surface area (Å²) < 4.78 is 33.8. The predicted octanol–water partition coefficient (Wildman–Crippen LogP) is -0.634. The Morgan fingerprint density at radius 1 is 1.61 bits per heavy atom. The van der Waals surface area contributed by atoms with Gasteiger partial charge >= 0.3 is 10.2 Å². The van der Waals surface area contributed by atoms with Crippen molar-refractivity contribution in [2.75, 3.05) is 32.0 Å². The van der Waals surface area contributed by atoms with E-state index < -0.39 is 10.2 Å². The van der Waals surface area contributed by atoms with Gasteiger partial charge in [-0.15, -0.1) is 0 Å². The summed E-state index contributed by atoms with van der Waals surface area (Å²) in [6.07, 6.45) is 0.600. The van der Waals surface area contributed by atoms with E-state index in [0.717, 1.165) is 0 Å². The van der Waals surface area contributed by atoms with Gasteiger partial charge in [-0.05, 0) is 13.0 Å². The highest BCUT2D eigenvalue weighted by Crippen LogP contribution is 2.16. The van der Waals surface area contributed by atoms with Crippen LogP contribution in [0.4, 0.5) is 5.82 Å². The number of ether oxygens (including phenoxy) is 1. The first kappa shape index (κ1) is 14.7. The van der Waals surface area contributed by atoms with Crippen molar-refractivity contribution in [3.05, 3.63) is 6.07 Å². The second-order valence-electron chi connectivity index (χ2n) is 3.77. The van der Waals surface area contributed by atoms with Gasteiger partial charge in [0, 0.05) is 26.7 Å². The number of hydrogen-bond acceptors (Lipinski definition) is 5. The number of anilines is 1. The fraction of sp³-hybridized carbons (Fsp3) is 0.667. The summed E-state index contributed by atoms with van der Waals surface area (Å²) in [5.74, 6) is 0.686. The van der Waals surface area contributed by atoms with Crippen LogP contribution in [0.2, 0.25) is 0 Å². The first-order chi connectivity index (χ1) is 8.40. The van der Waals surface area contributed by atoms with Crippen molar-refractivity contribution in [3.63, 3.8) is 0 Å². The lowest BCUT2D eigenvalue weighted by Crippen LogP contribution is -2.34. The molecular formula is C9H19N5O3S. The molecule has 0 spiro atoms. The minimum absolute atomic E-state index is 0.217. The number of rotatable bonds is 7. The van der Waals surface area contributed by atoms with Crippen molar-refractivity contribution in [3.8, 4) is 5.88 Å². The molecule has 18 heavy (non-hydrogen) atoms. The van der Waals surface area contributed by atoms with Crippen LogP contribution < -0.4 is 15.2 Å². The molecule has 1 aromatic heterocycles. The van der Waals surface area contributed by atoms with E-state index >= 15 is 0 Å². The molecule has 1 aromatic rings. The normalized spacial score (nSPS) is 11.8. The molecule has 9 heteroatoms. The zero-order valence-corrected chi connectivity index (χ0v) is 11.6. The van der Waals surface area contributed by atoms with E-state index in [-0.39, 0.29) is 5.82 Å². The Morgan fingerprint density at radius 2 is 2.28 bits per heavy atom. The van der Waals surface area contributed by atoms with Crippen LogP contribution in [0, 0.1) is 0 Å². The fourth-order valence-corrected chi connectivity index (χ4v) is 2.22. The van der Waals surface area contributed by atoms with Gasteiger partial charge in [-0.25, -0.2) is 4.68 Å². The summed E-state index contributed by atoms with van der Waals surface area (Å²) in [6, 6.07) is 1.51. The topological polar surface area (TPSA) is 102 Å². The molecule has 0 saturated carbocycles. The maximum atomic E-state index is 11.9. The van der Waals surface area contributed by atoms with Gasteiger partial charge < -0.3 is 10.5 Å². The van der Waals surface area contributed by atoms with Gasteiger partial charge in [0.2, 0.25) is 5.88 Å². The SMILES string of the molecule is COc1cc(NS(=O)(=O)N(C)CCCN)nn1C. The molecule has 104 valence electrons. The average molecular weight is 277 g/mol. The van der Waals surface area contributed by atoms with Crippen LogP contribution in [0.3, 0.4) is 0 Å². The molecule has 0 aromatic carbocycles. The van der Waals surface area contributed by atoms with Crippen LogP contribution in [-0.2, 0) is 17.3 Å². The summed E-state index contributed by atoms with van der Waals surface area (Å²) in [4.78, 5) is 0. The lowest BCUT2D eigenvalue weighted by molar-refractivity contribution is 0.373. The number of hydrogen-bond donors (Lipinski definition) is 2. The Bertz CT molecular complexity index is 484. The first-order valence-corrected chi connectivity index (χ1v) is 6.87. The van der Waals surface area contributed by atoms with Crippen molar-refractivity contribution in [2.24, 2.45) is 12.8 Å². The summed E-state index contributed by atoms with van der Waals surface area (Å²) in [5.41, 5.74) is 5.34. The number of nitrogens with zero attached hydrogens (tertiary/aromatic N) is 3. The zero-order valence-electron chi connectivity index (χ0n) is 10.8. The molecule has 0 unspecified atom stereocenters. The monoisotopic (exact) mass is 277 g/mol. The first-order valence-electron chi connectivity index (χ1n) is 5.43. The second kappa shape index (κ2) is 6.03. The van der Waals surface area contributed by atoms with E-state index in [1.807, 2.05) is 0 Å². The molecule has 8 nitrogen and oxygen atoms in total. The van der Waals surface area contributed by atoms with E-state index in [1.165, 1.54) is 29.2 Å². The number of nitrogens with two attached hydrogens (primary N) is 1. The van der Waals surface area contributed by atoms with Gasteiger partial charge in [0.25, 0.3) is 0 Å². The van der Waals surface area contributed by atoms with E-state index in [9.17, 15) is 8.42 Å². The Balaban J connectivity index is 2.75. The molecule has 0 bridgehead atoms. The molecule has 0 amide bonds. The minimum Gasteiger partial charge on any atom is -0.481 e. The molecule has 0 aliphatic rings. The summed E-state index contributed by atoms with van der Waals surface area (Å²) in [5, 5.41) is 3.98. The van der Waals surface area contributed by atoms with E-state index in [4.69, 9.17) is 10.5 Å². The summed E-state index contributed by atoms with van der Waals surface area (Å²) >= 11 is 0. The van der Waals surface area contributed by atoms with Gasteiger partial charge in [-0.2, -0.15) is 17.8 Å². The maximum Gasteiger partial charge on any atom is 0.302 e. The molecule has 0 saturated heterocycles. The molecule has 1 heterocycles. The molecule has 0 atom stereocenters. The van der Waals surface area contributed by atoms with Gasteiger partial charge in [0.15, 0.2) is 5.82 Å². The van der Waals surface area contributed by atoms with Gasteiger partial charge in [0.05, 0.1) is 7.11 Å². The Kier molecular flexibility index (Phi) is 4.93. The number of aryl methyl sites for hydroxylation is 1. The molecule has 0 radical (unpaired) electrons. The number of nitrogens with one attached hydrogen (secondary N) is 1. The van der Waals surface area contributed by atoms with Crippen LogP contribution in [0.1, 0.15) is 6.42 Å². The molecule has 3 N–H and O–H groups in total. The quantitative estimate of drug-likeness (QED) is 0.690. The third-order valence-electron chi connectivity index (χ3n) is 2.37. The lowest BCUT2D eigenvalue weighted by atomic mass is 10.4. The van der Waals surface area contributed by atoms with E-state index in [2.05, 4.69) is 9.82 Å². The number of methoxy groups -OCH3 is 1. The van der Waals surface area contributed by atoms with Crippen molar-refractivity contribution < 1.29 is 13.2 Å². The Morgan fingerprint density at radius 3 is 2.78 bits per heavy atom. The molecule has 1 rings (SSSR count). The highest BCUT2D eigenvalue weighted by atomic mass is 32.2. The standard InChI is InChI=1S/C9H19N5O3S/c1-13(6-4-5-10)18(15,16)12-8-7-9(17-3)14(2)11-8/h7H,4-6,10H2,1-3H3,(H,11,12). The fourth-order valence-electron chi connectivity index (χ4n) is 1.34. The van der Waals surface area contributed by atoms with Crippen molar-refractivity contribution in [1.29, 1.82) is 0 Å². The van der Waals surface area contributed by atoms with Crippen molar-refractivity contribution >= 4 is 16.0 Å². The van der Waals surface area contributed by atoms with E-state index in [0.29, 0.717) is 25.4 Å². The van der Waals surface area contributed by atoms with Crippen LogP contribution in [-0.4, -0.2) is 49.8 Å². The summed E-state index contributed by atoms with van der Waals surface area (Å²) in [6.45, 7) is 0.799. The third kappa shape index (κ3) is 3.59. The largest absolute Gasteiger partial charge is 0.481 e. The third-order valence-corrected chi connectivity index (χ3v) is 3.84. The van der Waals surface area contributed by atoms with Crippen LogP contribution in [0.5, 0.6) is 5.88 Å². The van der Waals surface area contributed by atoms with Crippen LogP contribution >= 0.6 is 0 Å². The summed E-state index contributed by atoms with van der Waals surface area (Å²) in [7, 11) is 1.03. The Hall–Kier alpha value is -1.32. The van der Waals surface area contributed by atoms with Crippen molar-refractivity contribution in [1.82, 2.24) is 14.1 Å². The van der Waals surface area contributed by atoms with Crippen molar-refractivity contribution in [2.45, 2.75) is 6.42 Å². The molecule has 0 aliphatic heterocycles. The lowest BCUT2D eigenvalue weighted by Gasteiger charge is -2.16. The molecule has 0 aliphatic carbocycles. The van der Waals surface area contributed by atoms with Crippen LogP contribution in [0.25, 0.3) is 0 Å². The minimum atomic E-state index is -3.60. The highest BCUT2D eigenvalue weighted by Gasteiger charge is 2.19. The van der Waals surface area contributed by atoms with Gasteiger partial charge in [-0.3, -0.25) is 4.72 Å². The van der Waals surface area contributed by atoms with E-state index in [1.54, 1.807) is 7.05 Å². The van der Waals surface area contributed by atoms with Crippen LogP contribution in [0.15, 0.2) is 6.07 Å². The average Bonchev–Trinajstić information content (AvgIpc) is 2.65. The zero-order chi connectivity index (χ0) is 13.8. The Labute approximate surface area is 107 Å². The predicted molar refractivity (Wildman–Crippen MR) is 68.6 cm³/mol. The smallest absolute Gasteiger partial charge is 0.302 e. The highest BCUT2D eigenvalue weighted by molar-refractivity contribution is 7.90. The maximum absolute atomic E-state index is 11.9. The van der Waals surface area contributed by atoms with Gasteiger partial charge in [0.1, 0.15) is 0 Å². The van der Waals surface area contributed by atoms with Gasteiger partial charge in [-0.1, -0.05) is 0 Å². The second-order valence-corrected chi connectivity index (χ2v) is 5.54. The number of aromatic nitrogens is 2.